The molecule has 3 rings (SSSR count). The maximum absolute atomic E-state index is 12.5. The Morgan fingerprint density at radius 3 is 2.91 bits per heavy atom. The van der Waals surface area contributed by atoms with Crippen molar-refractivity contribution in [1.29, 1.82) is 0 Å². The molecule has 1 aromatic carbocycles. The van der Waals surface area contributed by atoms with Crippen LogP contribution in [0, 0.1) is 6.92 Å². The fourth-order valence-corrected chi connectivity index (χ4v) is 2.63. The molecule has 6 nitrogen and oxygen atoms in total. The van der Waals surface area contributed by atoms with Crippen LogP contribution < -0.4 is 0 Å². The number of hydrogen-bond donors (Lipinski definition) is 1. The van der Waals surface area contributed by atoms with Crippen LogP contribution in [-0.4, -0.2) is 37.6 Å². The molecule has 2 aromatic heterocycles. The number of carbonyl (C=O) groups excluding carboxylic acids is 1. The van der Waals surface area contributed by atoms with Gasteiger partial charge in [-0.05, 0) is 24.6 Å². The van der Waals surface area contributed by atoms with E-state index in [2.05, 4.69) is 15.1 Å². The fourth-order valence-electron chi connectivity index (χ4n) is 2.38. The lowest BCUT2D eigenvalue weighted by molar-refractivity contribution is 0.0771. The van der Waals surface area contributed by atoms with Crippen LogP contribution in [0.3, 0.4) is 0 Å². The van der Waals surface area contributed by atoms with Gasteiger partial charge in [0.2, 0.25) is 0 Å². The van der Waals surface area contributed by atoms with Gasteiger partial charge in [0.15, 0.2) is 0 Å². The summed E-state index contributed by atoms with van der Waals surface area (Å²) < 4.78 is 1.48. The van der Waals surface area contributed by atoms with E-state index in [1.165, 1.54) is 10.9 Å². The summed E-state index contributed by atoms with van der Waals surface area (Å²) >= 11 is 6.01. The van der Waals surface area contributed by atoms with Gasteiger partial charge in [0.1, 0.15) is 11.5 Å². The van der Waals surface area contributed by atoms with Crippen LogP contribution in [0.1, 0.15) is 21.9 Å². The first-order valence-corrected chi connectivity index (χ1v) is 7.21. The lowest BCUT2D eigenvalue weighted by atomic mass is 10.2. The van der Waals surface area contributed by atoms with Gasteiger partial charge in [-0.25, -0.2) is 4.98 Å². The maximum Gasteiger partial charge on any atom is 0.273 e. The Kier molecular flexibility index (Phi) is 3.62. The van der Waals surface area contributed by atoms with Crippen molar-refractivity contribution < 1.29 is 4.79 Å². The molecule has 1 N–H and O–H groups in total. The maximum atomic E-state index is 12.5. The van der Waals surface area contributed by atoms with E-state index in [0.717, 1.165) is 22.4 Å². The third-order valence-corrected chi connectivity index (χ3v) is 3.79. The van der Waals surface area contributed by atoms with Crippen LogP contribution >= 0.6 is 11.6 Å². The van der Waals surface area contributed by atoms with Crippen molar-refractivity contribution in [3.63, 3.8) is 0 Å². The molecule has 0 bridgehead atoms. The Balaban J connectivity index is 1.83. The minimum absolute atomic E-state index is 0.193. The molecule has 0 saturated heterocycles. The van der Waals surface area contributed by atoms with Crippen LogP contribution in [-0.2, 0) is 13.6 Å². The van der Waals surface area contributed by atoms with E-state index in [0.29, 0.717) is 17.3 Å². The summed E-state index contributed by atoms with van der Waals surface area (Å²) in [6.45, 7) is 2.40. The fraction of sp³-hybridized carbons (Fsp3) is 0.267. The highest BCUT2D eigenvalue weighted by Gasteiger charge is 2.20. The zero-order chi connectivity index (χ0) is 15.9. The summed E-state index contributed by atoms with van der Waals surface area (Å²) in [7, 11) is 3.40. The predicted octanol–water partition coefficient (Wildman–Crippen LogP) is 2.53. The third-order valence-electron chi connectivity index (χ3n) is 3.52. The van der Waals surface area contributed by atoms with Gasteiger partial charge in [0.05, 0.1) is 28.8 Å². The monoisotopic (exact) mass is 317 g/mol. The van der Waals surface area contributed by atoms with Gasteiger partial charge in [-0.15, -0.1) is 0 Å². The van der Waals surface area contributed by atoms with Gasteiger partial charge >= 0.3 is 0 Å². The summed E-state index contributed by atoms with van der Waals surface area (Å²) in [5, 5.41) is 4.33. The summed E-state index contributed by atoms with van der Waals surface area (Å²) in [6.07, 6.45) is 1.46. The van der Waals surface area contributed by atoms with Crippen LogP contribution in [0.25, 0.3) is 11.0 Å². The van der Waals surface area contributed by atoms with Crippen molar-refractivity contribution in [1.82, 2.24) is 24.6 Å². The molecule has 0 aliphatic heterocycles. The number of halogens is 1. The van der Waals surface area contributed by atoms with E-state index in [1.807, 2.05) is 25.1 Å². The lowest BCUT2D eigenvalue weighted by Crippen LogP contribution is -2.28. The standard InChI is InChI=1S/C15H16ClN5O/c1-9-4-5-11-12(6-9)19-13(18-11)8-20(2)15(22)14-10(16)7-17-21(14)3/h4-7H,8H2,1-3H3,(H,18,19). The highest BCUT2D eigenvalue weighted by atomic mass is 35.5. The van der Waals surface area contributed by atoms with E-state index in [4.69, 9.17) is 11.6 Å². The van der Waals surface area contributed by atoms with Gasteiger partial charge < -0.3 is 9.88 Å². The normalized spacial score (nSPS) is 11.1. The number of imidazole rings is 1. The highest BCUT2D eigenvalue weighted by molar-refractivity contribution is 6.33. The summed E-state index contributed by atoms with van der Waals surface area (Å²) in [6, 6.07) is 6.01. The molecule has 0 atom stereocenters. The molecule has 7 heteroatoms. The Hall–Kier alpha value is -2.34. The quantitative estimate of drug-likeness (QED) is 0.807. The molecule has 0 unspecified atom stereocenters. The Labute approximate surface area is 132 Å². The predicted molar refractivity (Wildman–Crippen MR) is 84.8 cm³/mol. The molecule has 0 aliphatic carbocycles. The molecular formula is C15H16ClN5O. The van der Waals surface area contributed by atoms with E-state index in [9.17, 15) is 4.79 Å². The molecule has 0 spiro atoms. The van der Waals surface area contributed by atoms with Crippen molar-refractivity contribution in [2.24, 2.45) is 7.05 Å². The first kappa shape index (κ1) is 14.6. The Morgan fingerprint density at radius 1 is 1.45 bits per heavy atom. The molecule has 3 aromatic rings. The van der Waals surface area contributed by atoms with Crippen molar-refractivity contribution >= 4 is 28.5 Å². The number of aromatic amines is 1. The minimum atomic E-state index is -0.193. The van der Waals surface area contributed by atoms with E-state index < -0.39 is 0 Å². The van der Waals surface area contributed by atoms with Gasteiger partial charge in [0.25, 0.3) is 5.91 Å². The van der Waals surface area contributed by atoms with Crippen LogP contribution in [0.2, 0.25) is 5.02 Å². The van der Waals surface area contributed by atoms with Crippen molar-refractivity contribution in [2.75, 3.05) is 7.05 Å². The smallest absolute Gasteiger partial charge is 0.273 e. The number of amides is 1. The Morgan fingerprint density at radius 2 is 2.23 bits per heavy atom. The highest BCUT2D eigenvalue weighted by Crippen LogP contribution is 2.18. The van der Waals surface area contributed by atoms with Crippen LogP contribution in [0.15, 0.2) is 24.4 Å². The number of nitrogens with zero attached hydrogens (tertiary/aromatic N) is 4. The van der Waals surface area contributed by atoms with E-state index in [1.54, 1.807) is 19.0 Å². The number of aryl methyl sites for hydroxylation is 2. The van der Waals surface area contributed by atoms with Gasteiger partial charge in [-0.2, -0.15) is 5.10 Å². The largest absolute Gasteiger partial charge is 0.340 e. The van der Waals surface area contributed by atoms with Crippen molar-refractivity contribution in [3.8, 4) is 0 Å². The van der Waals surface area contributed by atoms with Gasteiger partial charge in [0, 0.05) is 14.1 Å². The van der Waals surface area contributed by atoms with E-state index in [-0.39, 0.29) is 5.91 Å². The van der Waals surface area contributed by atoms with Crippen molar-refractivity contribution in [2.45, 2.75) is 13.5 Å². The molecular weight excluding hydrogens is 302 g/mol. The number of H-pyrrole nitrogens is 1. The Bertz CT molecular complexity index is 831. The van der Waals surface area contributed by atoms with Gasteiger partial charge in [-0.1, -0.05) is 17.7 Å². The zero-order valence-corrected chi connectivity index (χ0v) is 13.3. The molecule has 114 valence electrons. The second-order valence-electron chi connectivity index (χ2n) is 5.33. The third kappa shape index (κ3) is 2.57. The number of hydrogen-bond acceptors (Lipinski definition) is 3. The molecule has 2 heterocycles. The summed E-state index contributed by atoms with van der Waals surface area (Å²) in [5.74, 6) is 0.538. The molecule has 1 amide bonds. The summed E-state index contributed by atoms with van der Waals surface area (Å²) in [5.41, 5.74) is 3.39. The number of benzene rings is 1. The van der Waals surface area contributed by atoms with Gasteiger partial charge in [-0.3, -0.25) is 9.48 Å². The lowest BCUT2D eigenvalue weighted by Gasteiger charge is -2.15. The minimum Gasteiger partial charge on any atom is -0.340 e. The topological polar surface area (TPSA) is 66.8 Å². The second kappa shape index (κ2) is 5.46. The first-order chi connectivity index (χ1) is 10.5. The number of carbonyl (C=O) groups is 1. The van der Waals surface area contributed by atoms with E-state index >= 15 is 0 Å². The number of aromatic nitrogens is 4. The van der Waals surface area contributed by atoms with Crippen LogP contribution in [0.5, 0.6) is 0 Å². The molecule has 0 saturated carbocycles. The molecule has 0 fully saturated rings. The SMILES string of the molecule is Cc1ccc2nc(CN(C)C(=O)c3c(Cl)cnn3C)[nH]c2c1. The molecule has 0 aliphatic rings. The molecule has 0 radical (unpaired) electrons. The second-order valence-corrected chi connectivity index (χ2v) is 5.74. The van der Waals surface area contributed by atoms with Crippen molar-refractivity contribution in [3.05, 3.63) is 46.5 Å². The summed E-state index contributed by atoms with van der Waals surface area (Å²) in [4.78, 5) is 21.8. The zero-order valence-electron chi connectivity index (χ0n) is 12.6. The average Bonchev–Trinajstić information content (AvgIpc) is 3.00. The number of fused-ring (bicyclic) bond motifs is 1. The number of rotatable bonds is 3. The van der Waals surface area contributed by atoms with Crippen LogP contribution in [0.4, 0.5) is 0 Å². The number of nitrogens with one attached hydrogen (secondary N) is 1. The first-order valence-electron chi connectivity index (χ1n) is 6.84. The molecule has 22 heavy (non-hydrogen) atoms. The average molecular weight is 318 g/mol.